The van der Waals surface area contributed by atoms with Crippen LogP contribution in [0.1, 0.15) is 0 Å². The molecule has 0 bridgehead atoms. The molecule has 0 aliphatic rings. The lowest BCUT2D eigenvalue weighted by Crippen LogP contribution is -1.82. The van der Waals surface area contributed by atoms with Gasteiger partial charge in [-0.2, -0.15) is 0 Å². The molecule has 0 saturated carbocycles. The van der Waals surface area contributed by atoms with Gasteiger partial charge >= 0.3 is 0 Å². The second-order valence-corrected chi connectivity index (χ2v) is 5.02. The molecule has 0 aliphatic carbocycles. The summed E-state index contributed by atoms with van der Waals surface area (Å²) in [5.41, 5.74) is 7.80. The molecular weight excluding hydrogens is 270 g/mol. The average molecular weight is 278 g/mol. The van der Waals surface area contributed by atoms with Crippen LogP contribution in [0, 0.1) is 0 Å². The molecule has 3 aromatic rings. The molecule has 18 heavy (non-hydrogen) atoms. The molecule has 90 valence electrons. The van der Waals surface area contributed by atoms with Crippen LogP contribution in [0.4, 0.5) is 5.69 Å². The molecule has 0 atom stereocenters. The lowest BCUT2D eigenvalue weighted by atomic mass is 10.3. The number of nitrogens with zero attached hydrogens (tertiary/aromatic N) is 2. The zero-order valence-corrected chi connectivity index (χ0v) is 10.7. The van der Waals surface area contributed by atoms with Crippen LogP contribution in [0.15, 0.2) is 51.2 Å². The predicted octanol–water partition coefficient (Wildman–Crippen LogP) is 3.61. The molecule has 6 heteroatoms. The molecule has 1 aromatic carbocycles. The standard InChI is InChI=1S/C12H8ClN3OS/c13-8-6-15-4-3-11(8)18-12-16-9-5-7(14)1-2-10(9)17-12/h1-6H,14H2. The van der Waals surface area contributed by atoms with Crippen molar-refractivity contribution in [3.8, 4) is 0 Å². The highest BCUT2D eigenvalue weighted by atomic mass is 35.5. The minimum Gasteiger partial charge on any atom is -0.431 e. The highest BCUT2D eigenvalue weighted by Crippen LogP contribution is 2.33. The smallest absolute Gasteiger partial charge is 0.261 e. The third-order valence-corrected chi connectivity index (χ3v) is 3.66. The van der Waals surface area contributed by atoms with Crippen molar-refractivity contribution >= 4 is 40.1 Å². The molecule has 2 N–H and O–H groups in total. The normalized spacial score (nSPS) is 10.9. The molecular formula is C12H8ClN3OS. The Morgan fingerprint density at radius 1 is 1.28 bits per heavy atom. The Bertz CT molecular complexity index is 713. The van der Waals surface area contributed by atoms with Crippen molar-refractivity contribution in [3.63, 3.8) is 0 Å². The number of anilines is 1. The van der Waals surface area contributed by atoms with Crippen LogP contribution < -0.4 is 5.73 Å². The monoisotopic (exact) mass is 277 g/mol. The number of oxazole rings is 1. The van der Waals surface area contributed by atoms with Gasteiger partial charge in [-0.05, 0) is 36.0 Å². The van der Waals surface area contributed by atoms with Gasteiger partial charge in [0.1, 0.15) is 5.52 Å². The Morgan fingerprint density at radius 3 is 3.00 bits per heavy atom. The fourth-order valence-electron chi connectivity index (χ4n) is 1.51. The van der Waals surface area contributed by atoms with E-state index in [4.69, 9.17) is 21.8 Å². The SMILES string of the molecule is Nc1ccc2oc(Sc3ccncc3Cl)nc2c1. The fourth-order valence-corrected chi connectivity index (χ4v) is 2.48. The molecule has 0 saturated heterocycles. The Morgan fingerprint density at radius 2 is 2.17 bits per heavy atom. The minimum atomic E-state index is 0.531. The van der Waals surface area contributed by atoms with E-state index in [1.165, 1.54) is 11.8 Å². The van der Waals surface area contributed by atoms with E-state index < -0.39 is 0 Å². The summed E-state index contributed by atoms with van der Waals surface area (Å²) in [6, 6.07) is 7.17. The summed E-state index contributed by atoms with van der Waals surface area (Å²) < 4.78 is 5.60. The molecule has 0 amide bonds. The van der Waals surface area contributed by atoms with E-state index in [-0.39, 0.29) is 0 Å². The lowest BCUT2D eigenvalue weighted by Gasteiger charge is -1.97. The molecule has 2 aromatic heterocycles. The second kappa shape index (κ2) is 4.51. The summed E-state index contributed by atoms with van der Waals surface area (Å²) in [4.78, 5) is 9.13. The van der Waals surface area contributed by atoms with E-state index in [1.54, 1.807) is 30.6 Å². The van der Waals surface area contributed by atoms with Gasteiger partial charge in [0.15, 0.2) is 5.58 Å². The van der Waals surface area contributed by atoms with Gasteiger partial charge in [-0.3, -0.25) is 4.98 Å². The highest BCUT2D eigenvalue weighted by Gasteiger charge is 2.09. The largest absolute Gasteiger partial charge is 0.431 e. The van der Waals surface area contributed by atoms with Gasteiger partial charge in [0.2, 0.25) is 0 Å². The molecule has 0 spiro atoms. The summed E-state index contributed by atoms with van der Waals surface area (Å²) in [6.07, 6.45) is 3.26. The number of hydrogen-bond acceptors (Lipinski definition) is 5. The van der Waals surface area contributed by atoms with Gasteiger partial charge in [0.25, 0.3) is 5.22 Å². The van der Waals surface area contributed by atoms with Crippen LogP contribution in [0.25, 0.3) is 11.1 Å². The van der Waals surface area contributed by atoms with Crippen molar-refractivity contribution < 1.29 is 4.42 Å². The number of nitrogen functional groups attached to an aromatic ring is 1. The number of nitrogens with two attached hydrogens (primary N) is 1. The van der Waals surface area contributed by atoms with Crippen molar-refractivity contribution in [1.29, 1.82) is 0 Å². The molecule has 0 aliphatic heterocycles. The number of fused-ring (bicyclic) bond motifs is 1. The number of aromatic nitrogens is 2. The molecule has 0 unspecified atom stereocenters. The Balaban J connectivity index is 1.98. The van der Waals surface area contributed by atoms with E-state index in [9.17, 15) is 0 Å². The van der Waals surface area contributed by atoms with Crippen molar-refractivity contribution in [2.24, 2.45) is 0 Å². The quantitative estimate of drug-likeness (QED) is 0.725. The van der Waals surface area contributed by atoms with E-state index in [1.807, 2.05) is 6.07 Å². The van der Waals surface area contributed by atoms with E-state index in [2.05, 4.69) is 9.97 Å². The first-order valence-corrected chi connectivity index (χ1v) is 6.35. The number of halogens is 1. The summed E-state index contributed by atoms with van der Waals surface area (Å²) in [7, 11) is 0. The lowest BCUT2D eigenvalue weighted by molar-refractivity contribution is 0.489. The van der Waals surface area contributed by atoms with Gasteiger partial charge in [-0.1, -0.05) is 11.6 Å². The summed E-state index contributed by atoms with van der Waals surface area (Å²) in [6.45, 7) is 0. The van der Waals surface area contributed by atoms with Crippen LogP contribution in [0.2, 0.25) is 5.02 Å². The highest BCUT2D eigenvalue weighted by molar-refractivity contribution is 7.99. The van der Waals surface area contributed by atoms with Crippen LogP contribution in [0.5, 0.6) is 0 Å². The second-order valence-electron chi connectivity index (χ2n) is 3.62. The van der Waals surface area contributed by atoms with Gasteiger partial charge < -0.3 is 10.2 Å². The maximum atomic E-state index is 6.03. The van der Waals surface area contributed by atoms with Crippen molar-refractivity contribution in [1.82, 2.24) is 9.97 Å². The molecule has 0 fully saturated rings. The third kappa shape index (κ3) is 2.14. The summed E-state index contributed by atoms with van der Waals surface area (Å²) in [5, 5.41) is 1.10. The minimum absolute atomic E-state index is 0.531. The fraction of sp³-hybridized carbons (Fsp3) is 0. The van der Waals surface area contributed by atoms with Gasteiger partial charge in [0.05, 0.1) is 5.02 Å². The first-order chi connectivity index (χ1) is 8.72. The number of rotatable bonds is 2. The van der Waals surface area contributed by atoms with Crippen LogP contribution >= 0.6 is 23.4 Å². The van der Waals surface area contributed by atoms with E-state index >= 15 is 0 Å². The third-order valence-electron chi connectivity index (χ3n) is 2.32. The van der Waals surface area contributed by atoms with Crippen LogP contribution in [-0.4, -0.2) is 9.97 Å². The maximum Gasteiger partial charge on any atom is 0.261 e. The number of benzene rings is 1. The first-order valence-electron chi connectivity index (χ1n) is 5.16. The van der Waals surface area contributed by atoms with Gasteiger partial charge in [-0.25, -0.2) is 4.98 Å². The number of hydrogen-bond donors (Lipinski definition) is 1. The van der Waals surface area contributed by atoms with Crippen molar-refractivity contribution in [2.45, 2.75) is 10.1 Å². The molecule has 3 rings (SSSR count). The number of pyridine rings is 1. The maximum absolute atomic E-state index is 6.03. The average Bonchev–Trinajstić information content (AvgIpc) is 2.73. The topological polar surface area (TPSA) is 64.9 Å². The predicted molar refractivity (Wildman–Crippen MR) is 71.8 cm³/mol. The van der Waals surface area contributed by atoms with E-state index in [0.717, 1.165) is 10.4 Å². The van der Waals surface area contributed by atoms with Crippen LogP contribution in [-0.2, 0) is 0 Å². The molecule has 2 heterocycles. The zero-order chi connectivity index (χ0) is 12.5. The Kier molecular flexibility index (Phi) is 2.85. The summed E-state index contributed by atoms with van der Waals surface area (Å²) in [5.74, 6) is 0. The van der Waals surface area contributed by atoms with Crippen LogP contribution in [0.3, 0.4) is 0 Å². The Hall–Kier alpha value is -1.72. The molecule has 4 nitrogen and oxygen atoms in total. The molecule has 0 radical (unpaired) electrons. The van der Waals surface area contributed by atoms with Crippen molar-refractivity contribution in [2.75, 3.05) is 5.73 Å². The Labute approximate surface area is 112 Å². The first kappa shape index (κ1) is 11.4. The van der Waals surface area contributed by atoms with Gasteiger partial charge in [0, 0.05) is 23.0 Å². The summed E-state index contributed by atoms with van der Waals surface area (Å²) >= 11 is 7.38. The van der Waals surface area contributed by atoms with E-state index in [0.29, 0.717) is 21.5 Å². The van der Waals surface area contributed by atoms with Crippen molar-refractivity contribution in [3.05, 3.63) is 41.7 Å². The zero-order valence-electron chi connectivity index (χ0n) is 9.13. The van der Waals surface area contributed by atoms with Gasteiger partial charge in [-0.15, -0.1) is 0 Å².